The predicted molar refractivity (Wildman–Crippen MR) is 59.8 cm³/mol. The molecule has 0 amide bonds. The first kappa shape index (κ1) is 9.71. The molecule has 0 bridgehead atoms. The summed E-state index contributed by atoms with van der Waals surface area (Å²) >= 11 is 13.0. The Hall–Kier alpha value is -0.840. The Morgan fingerprint density at radius 1 is 1.07 bits per heavy atom. The van der Waals surface area contributed by atoms with Crippen LogP contribution in [0.5, 0.6) is 0 Å². The average molecular weight is 246 g/mol. The highest BCUT2D eigenvalue weighted by Crippen LogP contribution is 2.29. The largest absolute Gasteiger partial charge is 0.374 e. The van der Waals surface area contributed by atoms with Gasteiger partial charge in [-0.25, -0.2) is 0 Å². The number of hydrogen-bond donors (Lipinski definition) is 1. The summed E-state index contributed by atoms with van der Waals surface area (Å²) in [5, 5.41) is 9.89. The van der Waals surface area contributed by atoms with Gasteiger partial charge in [0.1, 0.15) is 5.01 Å². The van der Waals surface area contributed by atoms with Crippen molar-refractivity contribution in [3.8, 4) is 10.6 Å². The summed E-state index contributed by atoms with van der Waals surface area (Å²) in [4.78, 5) is 0. The molecule has 0 aliphatic rings. The SMILES string of the molecule is Nc1nnc(-c2cc(Cl)cc(Cl)c2)s1. The molecule has 0 aliphatic heterocycles. The van der Waals surface area contributed by atoms with Crippen molar-refractivity contribution in [2.75, 3.05) is 5.73 Å². The second-order valence-electron chi connectivity index (χ2n) is 2.60. The Balaban J connectivity index is 2.51. The van der Waals surface area contributed by atoms with Crippen LogP contribution in [0.1, 0.15) is 0 Å². The van der Waals surface area contributed by atoms with Gasteiger partial charge in [0, 0.05) is 15.6 Å². The van der Waals surface area contributed by atoms with E-state index in [2.05, 4.69) is 10.2 Å². The molecule has 2 rings (SSSR count). The van der Waals surface area contributed by atoms with Crippen LogP contribution >= 0.6 is 34.5 Å². The average Bonchev–Trinajstić information content (AvgIpc) is 2.50. The van der Waals surface area contributed by atoms with Crippen LogP contribution < -0.4 is 5.73 Å². The number of nitrogens with two attached hydrogens (primary N) is 1. The summed E-state index contributed by atoms with van der Waals surface area (Å²) < 4.78 is 0. The molecule has 0 fully saturated rings. The lowest BCUT2D eigenvalue weighted by molar-refractivity contribution is 1.10. The van der Waals surface area contributed by atoms with Crippen molar-refractivity contribution in [1.82, 2.24) is 10.2 Å². The maximum Gasteiger partial charge on any atom is 0.203 e. The fraction of sp³-hybridized carbons (Fsp3) is 0. The smallest absolute Gasteiger partial charge is 0.203 e. The van der Waals surface area contributed by atoms with Crippen LogP contribution in [0.15, 0.2) is 18.2 Å². The van der Waals surface area contributed by atoms with Gasteiger partial charge in [-0.15, -0.1) is 10.2 Å². The first-order valence-corrected chi connectivity index (χ1v) is 5.28. The van der Waals surface area contributed by atoms with Crippen LogP contribution in [0.4, 0.5) is 5.13 Å². The lowest BCUT2D eigenvalue weighted by Gasteiger charge is -1.97. The molecule has 72 valence electrons. The van der Waals surface area contributed by atoms with Gasteiger partial charge in [-0.3, -0.25) is 0 Å². The normalized spacial score (nSPS) is 10.4. The Morgan fingerprint density at radius 2 is 1.71 bits per heavy atom. The van der Waals surface area contributed by atoms with Crippen molar-refractivity contribution in [2.24, 2.45) is 0 Å². The molecule has 0 aliphatic carbocycles. The molecular weight excluding hydrogens is 241 g/mol. The maximum atomic E-state index is 5.85. The molecule has 0 saturated heterocycles. The Bertz CT molecular complexity index is 449. The molecule has 1 aromatic carbocycles. The summed E-state index contributed by atoms with van der Waals surface area (Å²) in [5.74, 6) is 0. The van der Waals surface area contributed by atoms with Gasteiger partial charge in [-0.05, 0) is 18.2 Å². The van der Waals surface area contributed by atoms with Crippen molar-refractivity contribution < 1.29 is 0 Å². The fourth-order valence-corrected chi connectivity index (χ4v) is 2.15. The van der Waals surface area contributed by atoms with E-state index in [1.807, 2.05) is 0 Å². The summed E-state index contributed by atoms with van der Waals surface area (Å²) in [6.07, 6.45) is 0. The molecule has 2 aromatic rings. The van der Waals surface area contributed by atoms with Gasteiger partial charge >= 0.3 is 0 Å². The van der Waals surface area contributed by atoms with E-state index >= 15 is 0 Å². The molecule has 14 heavy (non-hydrogen) atoms. The Kier molecular flexibility index (Phi) is 2.58. The lowest BCUT2D eigenvalue weighted by Crippen LogP contribution is -1.80. The second-order valence-corrected chi connectivity index (χ2v) is 4.49. The standard InChI is InChI=1S/C8H5Cl2N3S/c9-5-1-4(2-6(10)3-5)7-12-13-8(11)14-7/h1-3H,(H2,11,13). The monoisotopic (exact) mass is 245 g/mol. The van der Waals surface area contributed by atoms with E-state index in [0.29, 0.717) is 20.2 Å². The summed E-state index contributed by atoms with van der Waals surface area (Å²) in [6, 6.07) is 5.21. The van der Waals surface area contributed by atoms with Crippen molar-refractivity contribution in [2.45, 2.75) is 0 Å². The highest BCUT2D eigenvalue weighted by atomic mass is 35.5. The third-order valence-electron chi connectivity index (χ3n) is 1.55. The van der Waals surface area contributed by atoms with E-state index < -0.39 is 0 Å². The second kappa shape index (κ2) is 3.73. The number of nitrogens with zero attached hydrogens (tertiary/aromatic N) is 2. The molecule has 0 saturated carbocycles. The number of halogens is 2. The third kappa shape index (κ3) is 1.97. The van der Waals surface area contributed by atoms with E-state index in [-0.39, 0.29) is 0 Å². The molecule has 1 heterocycles. The van der Waals surface area contributed by atoms with Gasteiger partial charge in [0.15, 0.2) is 0 Å². The molecule has 2 N–H and O–H groups in total. The molecule has 0 unspecified atom stereocenters. The van der Waals surface area contributed by atoms with Crippen LogP contribution in [0.25, 0.3) is 10.6 Å². The fourth-order valence-electron chi connectivity index (χ4n) is 1.03. The zero-order chi connectivity index (χ0) is 10.1. The van der Waals surface area contributed by atoms with Crippen LogP contribution in [0.3, 0.4) is 0 Å². The predicted octanol–water partition coefficient (Wildman–Crippen LogP) is 3.09. The zero-order valence-corrected chi connectivity index (χ0v) is 9.20. The summed E-state index contributed by atoms with van der Waals surface area (Å²) in [7, 11) is 0. The van der Waals surface area contributed by atoms with Crippen molar-refractivity contribution in [3.05, 3.63) is 28.2 Å². The number of aromatic nitrogens is 2. The van der Waals surface area contributed by atoms with E-state index in [1.165, 1.54) is 11.3 Å². The topological polar surface area (TPSA) is 51.8 Å². The zero-order valence-electron chi connectivity index (χ0n) is 6.87. The highest BCUT2D eigenvalue weighted by molar-refractivity contribution is 7.18. The van der Waals surface area contributed by atoms with Gasteiger partial charge in [-0.1, -0.05) is 34.5 Å². The number of benzene rings is 1. The Labute approximate surface area is 94.5 Å². The third-order valence-corrected chi connectivity index (χ3v) is 2.79. The molecule has 0 spiro atoms. The van der Waals surface area contributed by atoms with Gasteiger partial charge in [0.2, 0.25) is 5.13 Å². The highest BCUT2D eigenvalue weighted by Gasteiger charge is 2.06. The van der Waals surface area contributed by atoms with Crippen LogP contribution in [-0.4, -0.2) is 10.2 Å². The van der Waals surface area contributed by atoms with E-state index in [9.17, 15) is 0 Å². The molecule has 0 radical (unpaired) electrons. The van der Waals surface area contributed by atoms with Crippen LogP contribution in [0, 0.1) is 0 Å². The number of anilines is 1. The first-order valence-electron chi connectivity index (χ1n) is 3.70. The minimum absolute atomic E-state index is 0.427. The number of nitrogen functional groups attached to an aromatic ring is 1. The first-order chi connectivity index (χ1) is 6.65. The van der Waals surface area contributed by atoms with Crippen molar-refractivity contribution in [1.29, 1.82) is 0 Å². The van der Waals surface area contributed by atoms with Crippen LogP contribution in [0.2, 0.25) is 10.0 Å². The van der Waals surface area contributed by atoms with Gasteiger partial charge in [0.05, 0.1) is 0 Å². The van der Waals surface area contributed by atoms with Gasteiger partial charge < -0.3 is 5.73 Å². The van der Waals surface area contributed by atoms with Gasteiger partial charge in [-0.2, -0.15) is 0 Å². The van der Waals surface area contributed by atoms with Gasteiger partial charge in [0.25, 0.3) is 0 Å². The van der Waals surface area contributed by atoms with Crippen LogP contribution in [-0.2, 0) is 0 Å². The lowest BCUT2D eigenvalue weighted by atomic mass is 10.2. The number of rotatable bonds is 1. The minimum Gasteiger partial charge on any atom is -0.374 e. The van der Waals surface area contributed by atoms with E-state index in [0.717, 1.165) is 5.56 Å². The molecule has 1 aromatic heterocycles. The maximum absolute atomic E-state index is 5.85. The Morgan fingerprint density at radius 3 is 2.21 bits per heavy atom. The molecular formula is C8H5Cl2N3S. The summed E-state index contributed by atoms with van der Waals surface area (Å²) in [5.41, 5.74) is 6.30. The van der Waals surface area contributed by atoms with E-state index in [1.54, 1.807) is 18.2 Å². The quantitative estimate of drug-likeness (QED) is 0.841. The summed E-state index contributed by atoms with van der Waals surface area (Å²) in [6.45, 7) is 0. The van der Waals surface area contributed by atoms with Crippen molar-refractivity contribution >= 4 is 39.7 Å². The molecule has 6 heteroatoms. The minimum atomic E-state index is 0.427. The van der Waals surface area contributed by atoms with Crippen molar-refractivity contribution in [3.63, 3.8) is 0 Å². The number of hydrogen-bond acceptors (Lipinski definition) is 4. The van der Waals surface area contributed by atoms with E-state index in [4.69, 9.17) is 28.9 Å². The molecule has 0 atom stereocenters. The molecule has 3 nitrogen and oxygen atoms in total.